The van der Waals surface area contributed by atoms with Gasteiger partial charge in [-0.15, -0.1) is 10.2 Å². The lowest BCUT2D eigenvalue weighted by molar-refractivity contribution is 0.0635. The van der Waals surface area contributed by atoms with E-state index in [-0.39, 0.29) is 0 Å². The molecule has 2 rings (SSSR count). The number of nitrogens with one attached hydrogen (secondary N) is 1. The van der Waals surface area contributed by atoms with Crippen molar-refractivity contribution in [1.29, 1.82) is 0 Å². The number of hydrogen-bond acceptors (Lipinski definition) is 6. The van der Waals surface area contributed by atoms with E-state index in [1.165, 1.54) is 7.11 Å². The van der Waals surface area contributed by atoms with Gasteiger partial charge < -0.3 is 15.2 Å². The van der Waals surface area contributed by atoms with Gasteiger partial charge in [0, 0.05) is 5.56 Å². The number of rotatable bonds is 3. The summed E-state index contributed by atoms with van der Waals surface area (Å²) >= 11 is 0. The van der Waals surface area contributed by atoms with E-state index in [1.54, 1.807) is 51.1 Å². The Morgan fingerprint density at radius 3 is 2.48 bits per heavy atom. The Balaban J connectivity index is 2.23. The van der Waals surface area contributed by atoms with Crippen molar-refractivity contribution < 1.29 is 14.3 Å². The van der Waals surface area contributed by atoms with E-state index in [1.807, 2.05) is 0 Å². The van der Waals surface area contributed by atoms with Gasteiger partial charge in [-0.25, -0.2) is 4.79 Å². The normalized spacial score (nSPS) is 11.0. The van der Waals surface area contributed by atoms with Crippen LogP contribution in [-0.2, 0) is 4.74 Å². The van der Waals surface area contributed by atoms with Gasteiger partial charge in [-0.1, -0.05) is 6.07 Å². The largest absolute Gasteiger partial charge is 0.495 e. The number of carbonyl (C=O) groups excluding carboxylic acids is 1. The topological polar surface area (TPSA) is 99.4 Å². The Morgan fingerprint density at radius 1 is 1.17 bits per heavy atom. The zero-order chi connectivity index (χ0) is 17.0. The second-order valence-corrected chi connectivity index (χ2v) is 5.89. The molecule has 0 aliphatic rings. The number of carbonyl (C=O) groups is 1. The SMILES string of the molecule is COc1cc(-c2ccc(N)nn2)ccc1NC(=O)OC(C)(C)C. The summed E-state index contributed by atoms with van der Waals surface area (Å²) in [5, 5.41) is 10.5. The number of methoxy groups -OCH3 is 1. The van der Waals surface area contributed by atoms with Crippen LogP contribution >= 0.6 is 0 Å². The van der Waals surface area contributed by atoms with Gasteiger partial charge in [0.1, 0.15) is 17.2 Å². The number of amides is 1. The molecule has 0 atom stereocenters. The van der Waals surface area contributed by atoms with Crippen molar-refractivity contribution in [3.05, 3.63) is 30.3 Å². The van der Waals surface area contributed by atoms with Crippen molar-refractivity contribution >= 4 is 17.6 Å². The van der Waals surface area contributed by atoms with Gasteiger partial charge in [0.2, 0.25) is 0 Å². The van der Waals surface area contributed by atoms with Crippen molar-refractivity contribution in [2.24, 2.45) is 0 Å². The summed E-state index contributed by atoms with van der Waals surface area (Å²) in [6, 6.07) is 8.71. The summed E-state index contributed by atoms with van der Waals surface area (Å²) in [7, 11) is 1.52. The Kier molecular flexibility index (Phi) is 4.68. The van der Waals surface area contributed by atoms with Crippen LogP contribution in [0.4, 0.5) is 16.3 Å². The number of benzene rings is 1. The van der Waals surface area contributed by atoms with Crippen molar-refractivity contribution in [2.45, 2.75) is 26.4 Å². The molecule has 0 fully saturated rings. The molecule has 7 nitrogen and oxygen atoms in total. The van der Waals surface area contributed by atoms with Crippen molar-refractivity contribution in [2.75, 3.05) is 18.2 Å². The average Bonchev–Trinajstić information content (AvgIpc) is 2.46. The minimum absolute atomic E-state index is 0.351. The maximum Gasteiger partial charge on any atom is 0.412 e. The Hall–Kier alpha value is -2.83. The molecule has 0 radical (unpaired) electrons. The third kappa shape index (κ3) is 4.57. The van der Waals surface area contributed by atoms with Crippen LogP contribution in [0.1, 0.15) is 20.8 Å². The number of ether oxygens (including phenoxy) is 2. The Labute approximate surface area is 134 Å². The number of nitrogens with zero attached hydrogens (tertiary/aromatic N) is 2. The lowest BCUT2D eigenvalue weighted by Crippen LogP contribution is -2.27. The molecule has 2 aromatic rings. The molecule has 0 aliphatic carbocycles. The Morgan fingerprint density at radius 2 is 1.91 bits per heavy atom. The van der Waals surface area contributed by atoms with Crippen molar-refractivity contribution in [1.82, 2.24) is 10.2 Å². The first-order chi connectivity index (χ1) is 10.8. The molecular formula is C16H20N4O3. The van der Waals surface area contributed by atoms with E-state index in [4.69, 9.17) is 15.2 Å². The molecule has 0 saturated carbocycles. The summed E-state index contributed by atoms with van der Waals surface area (Å²) in [5.74, 6) is 0.843. The highest BCUT2D eigenvalue weighted by molar-refractivity contribution is 5.87. The fourth-order valence-electron chi connectivity index (χ4n) is 1.86. The highest BCUT2D eigenvalue weighted by atomic mass is 16.6. The van der Waals surface area contributed by atoms with E-state index in [2.05, 4.69) is 15.5 Å². The monoisotopic (exact) mass is 316 g/mol. The molecule has 1 aromatic heterocycles. The summed E-state index contributed by atoms with van der Waals surface area (Å²) in [4.78, 5) is 11.9. The van der Waals surface area contributed by atoms with Crippen LogP contribution in [0.2, 0.25) is 0 Å². The summed E-state index contributed by atoms with van der Waals surface area (Å²) in [5.41, 5.74) is 6.92. The smallest absolute Gasteiger partial charge is 0.412 e. The molecule has 0 unspecified atom stereocenters. The van der Waals surface area contributed by atoms with Gasteiger partial charge >= 0.3 is 6.09 Å². The van der Waals surface area contributed by atoms with Crippen LogP contribution in [0.25, 0.3) is 11.3 Å². The third-order valence-corrected chi connectivity index (χ3v) is 2.82. The van der Waals surface area contributed by atoms with Gasteiger partial charge in [-0.3, -0.25) is 5.32 Å². The van der Waals surface area contributed by atoms with Crippen LogP contribution in [-0.4, -0.2) is 29.0 Å². The zero-order valence-corrected chi connectivity index (χ0v) is 13.6. The van der Waals surface area contributed by atoms with E-state index < -0.39 is 11.7 Å². The number of nitrogens with two attached hydrogens (primary N) is 1. The summed E-state index contributed by atoms with van der Waals surface area (Å²) in [6.07, 6.45) is -0.546. The molecule has 7 heteroatoms. The highest BCUT2D eigenvalue weighted by Crippen LogP contribution is 2.30. The molecule has 0 saturated heterocycles. The van der Waals surface area contributed by atoms with Gasteiger partial charge in [0.05, 0.1) is 18.5 Å². The third-order valence-electron chi connectivity index (χ3n) is 2.82. The molecular weight excluding hydrogens is 296 g/mol. The van der Waals surface area contributed by atoms with Crippen LogP contribution < -0.4 is 15.8 Å². The first-order valence-electron chi connectivity index (χ1n) is 7.06. The second kappa shape index (κ2) is 6.51. The molecule has 1 aromatic carbocycles. The predicted octanol–water partition coefficient (Wildman–Crippen LogP) is 3.08. The van der Waals surface area contributed by atoms with Gasteiger partial charge in [0.25, 0.3) is 0 Å². The highest BCUT2D eigenvalue weighted by Gasteiger charge is 2.17. The van der Waals surface area contributed by atoms with E-state index in [0.29, 0.717) is 22.9 Å². The molecule has 1 heterocycles. The van der Waals surface area contributed by atoms with Crippen molar-refractivity contribution in [3.63, 3.8) is 0 Å². The average molecular weight is 316 g/mol. The minimum atomic E-state index is -0.573. The second-order valence-electron chi connectivity index (χ2n) is 5.89. The zero-order valence-electron chi connectivity index (χ0n) is 13.6. The van der Waals surface area contributed by atoms with E-state index >= 15 is 0 Å². The standard InChI is InChI=1S/C16H20N4O3/c1-16(2,3)23-15(21)18-12-6-5-10(9-13(12)22-4)11-7-8-14(17)20-19-11/h5-9H,1-4H3,(H2,17,20)(H,18,21). The summed E-state index contributed by atoms with van der Waals surface area (Å²) in [6.45, 7) is 5.39. The lowest BCUT2D eigenvalue weighted by atomic mass is 10.1. The van der Waals surface area contributed by atoms with Crippen LogP contribution in [0.5, 0.6) is 5.75 Å². The van der Waals surface area contributed by atoms with E-state index in [0.717, 1.165) is 5.56 Å². The lowest BCUT2D eigenvalue weighted by Gasteiger charge is -2.20. The van der Waals surface area contributed by atoms with Crippen LogP contribution in [0.15, 0.2) is 30.3 Å². The van der Waals surface area contributed by atoms with Gasteiger partial charge in [-0.05, 0) is 45.0 Å². The molecule has 1 amide bonds. The Bertz CT molecular complexity index is 693. The molecule has 0 aliphatic heterocycles. The predicted molar refractivity (Wildman–Crippen MR) is 88.3 cm³/mol. The maximum atomic E-state index is 11.9. The fraction of sp³-hybridized carbons (Fsp3) is 0.312. The van der Waals surface area contributed by atoms with Crippen LogP contribution in [0.3, 0.4) is 0 Å². The van der Waals surface area contributed by atoms with E-state index in [9.17, 15) is 4.79 Å². The fourth-order valence-corrected chi connectivity index (χ4v) is 1.86. The summed E-state index contributed by atoms with van der Waals surface area (Å²) < 4.78 is 10.5. The first-order valence-corrected chi connectivity index (χ1v) is 7.06. The molecule has 3 N–H and O–H groups in total. The van der Waals surface area contributed by atoms with Crippen molar-refractivity contribution in [3.8, 4) is 17.0 Å². The number of hydrogen-bond donors (Lipinski definition) is 2. The molecule has 0 bridgehead atoms. The molecule has 0 spiro atoms. The molecule has 23 heavy (non-hydrogen) atoms. The first kappa shape index (κ1) is 16.5. The number of nitrogen functional groups attached to an aromatic ring is 1. The number of anilines is 2. The van der Waals surface area contributed by atoms with Gasteiger partial charge in [0.15, 0.2) is 0 Å². The molecule has 122 valence electrons. The number of aromatic nitrogens is 2. The quantitative estimate of drug-likeness (QED) is 0.902. The van der Waals surface area contributed by atoms with Crippen LogP contribution in [0, 0.1) is 0 Å². The van der Waals surface area contributed by atoms with Gasteiger partial charge in [-0.2, -0.15) is 0 Å². The maximum absolute atomic E-state index is 11.9. The minimum Gasteiger partial charge on any atom is -0.495 e.